The van der Waals surface area contributed by atoms with Crippen LogP contribution in [-0.2, 0) is 16.0 Å². The van der Waals surface area contributed by atoms with Crippen LogP contribution in [0.2, 0.25) is 0 Å². The Hall–Kier alpha value is -1.53. The molecule has 2 rings (SSSR count). The third kappa shape index (κ3) is 5.25. The molecule has 0 spiro atoms. The molecule has 0 unspecified atom stereocenters. The first-order valence-corrected chi connectivity index (χ1v) is 9.28. The van der Waals surface area contributed by atoms with Crippen molar-refractivity contribution in [2.45, 2.75) is 18.9 Å². The van der Waals surface area contributed by atoms with Crippen LogP contribution in [0, 0.1) is 0 Å². The Morgan fingerprint density at radius 1 is 1.30 bits per heavy atom. The Kier molecular flexibility index (Phi) is 6.92. The lowest BCUT2D eigenvalue weighted by Gasteiger charge is -2.35. The summed E-state index contributed by atoms with van der Waals surface area (Å²) in [7, 11) is 0. The number of carbonyl (C=O) groups excluding carboxylic acids is 2. The third-order valence-electron chi connectivity index (χ3n) is 4.02. The van der Waals surface area contributed by atoms with E-state index in [1.165, 1.54) is 10.5 Å². The van der Waals surface area contributed by atoms with Crippen LogP contribution in [0.5, 0.6) is 0 Å². The number of hydrogen-bond donors (Lipinski definition) is 1. The van der Waals surface area contributed by atoms with Crippen molar-refractivity contribution < 1.29 is 14.7 Å². The second-order valence-electron chi connectivity index (χ2n) is 5.67. The van der Waals surface area contributed by atoms with Crippen molar-refractivity contribution in [1.82, 2.24) is 9.80 Å². The summed E-state index contributed by atoms with van der Waals surface area (Å²) in [6.07, 6.45) is 2.19. The Bertz CT molecular complexity index is 524. The van der Waals surface area contributed by atoms with Crippen molar-refractivity contribution in [3.63, 3.8) is 0 Å². The molecule has 1 aromatic rings. The van der Waals surface area contributed by atoms with Crippen LogP contribution >= 0.6 is 11.8 Å². The predicted octanol–water partition coefficient (Wildman–Crippen LogP) is 1.01. The molecule has 23 heavy (non-hydrogen) atoms. The number of carbonyl (C=O) groups is 2. The maximum absolute atomic E-state index is 12.2. The fourth-order valence-corrected chi connectivity index (χ4v) is 3.06. The van der Waals surface area contributed by atoms with Crippen molar-refractivity contribution in [2.24, 2.45) is 0 Å². The summed E-state index contributed by atoms with van der Waals surface area (Å²) >= 11 is 1.59. The number of benzene rings is 1. The smallest absolute Gasteiger partial charge is 0.251 e. The van der Waals surface area contributed by atoms with Crippen LogP contribution in [0.25, 0.3) is 0 Å². The molecule has 0 aliphatic carbocycles. The van der Waals surface area contributed by atoms with Gasteiger partial charge < -0.3 is 14.9 Å². The zero-order chi connectivity index (χ0) is 16.7. The summed E-state index contributed by atoms with van der Waals surface area (Å²) < 4.78 is 0. The largest absolute Gasteiger partial charge is 0.383 e. The first kappa shape index (κ1) is 17.8. The van der Waals surface area contributed by atoms with Crippen LogP contribution < -0.4 is 0 Å². The first-order valence-electron chi connectivity index (χ1n) is 7.89. The lowest BCUT2D eigenvalue weighted by molar-refractivity contribution is -0.150. The maximum atomic E-state index is 12.2. The SMILES string of the molecule is CSCC[C@@H](O)C(=O)N1CCN(CCc2ccccc2)C(=O)C1. The highest BCUT2D eigenvalue weighted by molar-refractivity contribution is 7.98. The predicted molar refractivity (Wildman–Crippen MR) is 92.3 cm³/mol. The minimum absolute atomic E-state index is 0.0439. The molecule has 1 N–H and O–H groups in total. The second-order valence-corrected chi connectivity index (χ2v) is 6.66. The van der Waals surface area contributed by atoms with Crippen molar-refractivity contribution in [3.05, 3.63) is 35.9 Å². The summed E-state index contributed by atoms with van der Waals surface area (Å²) in [6, 6.07) is 10.0. The summed E-state index contributed by atoms with van der Waals surface area (Å²) in [6.45, 7) is 1.77. The minimum atomic E-state index is -0.994. The lowest BCUT2D eigenvalue weighted by atomic mass is 10.1. The van der Waals surface area contributed by atoms with Gasteiger partial charge in [-0.25, -0.2) is 0 Å². The molecule has 1 aromatic carbocycles. The molecule has 0 saturated carbocycles. The molecule has 1 atom stereocenters. The van der Waals surface area contributed by atoms with Crippen LogP contribution in [0.1, 0.15) is 12.0 Å². The first-order chi connectivity index (χ1) is 11.1. The topological polar surface area (TPSA) is 60.9 Å². The summed E-state index contributed by atoms with van der Waals surface area (Å²) in [4.78, 5) is 27.6. The van der Waals surface area contributed by atoms with Crippen LogP contribution in [0.3, 0.4) is 0 Å². The molecule has 5 nitrogen and oxygen atoms in total. The Morgan fingerprint density at radius 3 is 2.70 bits per heavy atom. The third-order valence-corrected chi connectivity index (χ3v) is 4.67. The highest BCUT2D eigenvalue weighted by Gasteiger charge is 2.29. The van der Waals surface area contributed by atoms with E-state index in [1.54, 1.807) is 16.7 Å². The van der Waals surface area contributed by atoms with Gasteiger partial charge >= 0.3 is 0 Å². The minimum Gasteiger partial charge on any atom is -0.383 e. The highest BCUT2D eigenvalue weighted by atomic mass is 32.2. The number of aliphatic hydroxyl groups excluding tert-OH is 1. The highest BCUT2D eigenvalue weighted by Crippen LogP contribution is 2.10. The standard InChI is InChI=1S/C17H24N2O3S/c1-23-12-8-15(20)17(22)19-11-10-18(16(21)13-19)9-7-14-5-3-2-4-6-14/h2-6,15,20H,7-13H2,1H3/t15-/m1/s1. The van der Waals surface area contributed by atoms with Crippen molar-refractivity contribution >= 4 is 23.6 Å². The number of hydrogen-bond acceptors (Lipinski definition) is 4. The quantitative estimate of drug-likeness (QED) is 0.807. The molecule has 1 fully saturated rings. The van der Waals surface area contributed by atoms with Gasteiger partial charge in [-0.05, 0) is 30.4 Å². The fourth-order valence-electron chi connectivity index (χ4n) is 2.61. The van der Waals surface area contributed by atoms with E-state index in [-0.39, 0.29) is 18.4 Å². The van der Waals surface area contributed by atoms with E-state index in [9.17, 15) is 14.7 Å². The average Bonchev–Trinajstić information content (AvgIpc) is 2.58. The normalized spacial score (nSPS) is 16.5. The van der Waals surface area contributed by atoms with Gasteiger partial charge in [0.15, 0.2) is 0 Å². The average molecular weight is 336 g/mol. The van der Waals surface area contributed by atoms with E-state index in [0.717, 1.165) is 12.2 Å². The van der Waals surface area contributed by atoms with Crippen LogP contribution in [0.15, 0.2) is 30.3 Å². The maximum Gasteiger partial charge on any atom is 0.251 e. The Balaban J connectivity index is 1.80. The van der Waals surface area contributed by atoms with E-state index in [4.69, 9.17) is 0 Å². The molecule has 0 aromatic heterocycles. The van der Waals surface area contributed by atoms with Gasteiger partial charge in [0.25, 0.3) is 5.91 Å². The summed E-state index contributed by atoms with van der Waals surface area (Å²) in [5.41, 5.74) is 1.20. The molecule has 0 radical (unpaired) electrons. The van der Waals surface area contributed by atoms with Gasteiger partial charge in [0.05, 0.1) is 6.54 Å². The van der Waals surface area contributed by atoms with Crippen LogP contribution in [-0.4, -0.2) is 71.0 Å². The van der Waals surface area contributed by atoms with E-state index in [0.29, 0.717) is 26.1 Å². The molecular formula is C17H24N2O3S. The van der Waals surface area contributed by atoms with Crippen molar-refractivity contribution in [3.8, 4) is 0 Å². The molecule has 2 amide bonds. The number of rotatable bonds is 7. The van der Waals surface area contributed by atoms with Gasteiger partial charge in [0, 0.05) is 19.6 Å². The van der Waals surface area contributed by atoms with Gasteiger partial charge in [-0.3, -0.25) is 9.59 Å². The van der Waals surface area contributed by atoms with E-state index in [1.807, 2.05) is 36.6 Å². The van der Waals surface area contributed by atoms with Crippen LogP contribution in [0.4, 0.5) is 0 Å². The lowest BCUT2D eigenvalue weighted by Crippen LogP contribution is -2.54. The van der Waals surface area contributed by atoms with Gasteiger partial charge in [0.2, 0.25) is 5.91 Å². The molecule has 6 heteroatoms. The van der Waals surface area contributed by atoms with Gasteiger partial charge in [-0.1, -0.05) is 30.3 Å². The number of piperazine rings is 1. The Labute approximate surface area is 141 Å². The van der Waals surface area contributed by atoms with Crippen molar-refractivity contribution in [1.29, 1.82) is 0 Å². The molecule has 1 heterocycles. The van der Waals surface area contributed by atoms with E-state index >= 15 is 0 Å². The van der Waals surface area contributed by atoms with E-state index in [2.05, 4.69) is 0 Å². The Morgan fingerprint density at radius 2 is 2.04 bits per heavy atom. The molecule has 1 aliphatic heterocycles. The van der Waals surface area contributed by atoms with Crippen molar-refractivity contribution in [2.75, 3.05) is 38.2 Å². The molecule has 1 aliphatic rings. The van der Waals surface area contributed by atoms with Gasteiger partial charge in [-0.15, -0.1) is 0 Å². The van der Waals surface area contributed by atoms with E-state index < -0.39 is 6.10 Å². The van der Waals surface area contributed by atoms with Gasteiger partial charge in [0.1, 0.15) is 6.10 Å². The summed E-state index contributed by atoms with van der Waals surface area (Å²) in [5.74, 6) is 0.366. The second kappa shape index (κ2) is 8.93. The molecular weight excluding hydrogens is 312 g/mol. The molecule has 0 bridgehead atoms. The number of aliphatic hydroxyl groups is 1. The molecule has 1 saturated heterocycles. The monoisotopic (exact) mass is 336 g/mol. The molecule has 126 valence electrons. The zero-order valence-corrected chi connectivity index (χ0v) is 14.3. The van der Waals surface area contributed by atoms with Gasteiger partial charge in [-0.2, -0.15) is 11.8 Å². The number of nitrogens with zero attached hydrogens (tertiary/aromatic N) is 2. The number of thioether (sulfide) groups is 1. The zero-order valence-electron chi connectivity index (χ0n) is 13.5. The fraction of sp³-hybridized carbons (Fsp3) is 0.529. The number of amides is 2. The summed E-state index contributed by atoms with van der Waals surface area (Å²) in [5, 5.41) is 9.88.